The summed E-state index contributed by atoms with van der Waals surface area (Å²) >= 11 is 0. The number of aliphatic carboxylic acids is 2. The molecule has 0 radical (unpaired) electrons. The van der Waals surface area contributed by atoms with Gasteiger partial charge in [-0.05, 0) is 38.9 Å². The van der Waals surface area contributed by atoms with Crippen molar-refractivity contribution in [3.05, 3.63) is 28.3 Å². The summed E-state index contributed by atoms with van der Waals surface area (Å²) in [6.45, 7) is 2.36. The van der Waals surface area contributed by atoms with Crippen molar-refractivity contribution in [2.75, 3.05) is 26.2 Å². The van der Waals surface area contributed by atoms with E-state index < -0.39 is 29.2 Å². The van der Waals surface area contributed by atoms with Crippen LogP contribution in [0.15, 0.2) is 12.5 Å². The molecule has 5 N–H and O–H groups in total. The van der Waals surface area contributed by atoms with E-state index in [-0.39, 0.29) is 6.61 Å². The van der Waals surface area contributed by atoms with E-state index >= 15 is 0 Å². The zero-order valence-electron chi connectivity index (χ0n) is 16.6. The summed E-state index contributed by atoms with van der Waals surface area (Å²) in [5, 5.41) is 31.7. The van der Waals surface area contributed by atoms with Crippen LogP contribution in [0.4, 0.5) is 13.2 Å². The standard InChI is InChI=1S/C14H25N5O5.C2HF3O2/c20-14(21)13(9-12-10-16-11-18-12)17-7-4-6-15-5-2-1-3-8-24-19(22)23;3-2(4,5)1(6)7/h10-11,13,15,17H,1-9H2,(H,16,18)(H,20,21);(H,6,7)/t13-;/m0./s1. The van der Waals surface area contributed by atoms with Gasteiger partial charge in [0.1, 0.15) is 6.04 Å². The highest BCUT2D eigenvalue weighted by atomic mass is 19.4. The fraction of sp³-hybridized carbons (Fsp3) is 0.688. The summed E-state index contributed by atoms with van der Waals surface area (Å²) in [4.78, 5) is 41.1. The fourth-order valence-corrected chi connectivity index (χ4v) is 2.14. The van der Waals surface area contributed by atoms with Crippen molar-refractivity contribution >= 4 is 11.9 Å². The summed E-state index contributed by atoms with van der Waals surface area (Å²) in [6.07, 6.45) is 1.75. The number of carboxylic acid groups (broad SMARTS) is 2. The van der Waals surface area contributed by atoms with E-state index in [1.54, 1.807) is 6.20 Å². The van der Waals surface area contributed by atoms with Gasteiger partial charge < -0.3 is 30.7 Å². The van der Waals surface area contributed by atoms with Gasteiger partial charge in [-0.3, -0.25) is 4.79 Å². The Bertz CT molecular complexity index is 644. The Balaban J connectivity index is 0.00000110. The summed E-state index contributed by atoms with van der Waals surface area (Å²) < 4.78 is 31.7. The lowest BCUT2D eigenvalue weighted by Gasteiger charge is -2.13. The molecule has 0 spiro atoms. The minimum Gasteiger partial charge on any atom is -0.480 e. The molecule has 0 bridgehead atoms. The van der Waals surface area contributed by atoms with E-state index in [0.29, 0.717) is 25.1 Å². The van der Waals surface area contributed by atoms with Crippen molar-refractivity contribution in [3.8, 4) is 0 Å². The van der Waals surface area contributed by atoms with Gasteiger partial charge in [0.25, 0.3) is 5.09 Å². The molecule has 0 aliphatic heterocycles. The Labute approximate surface area is 175 Å². The van der Waals surface area contributed by atoms with Gasteiger partial charge in [0, 0.05) is 12.6 Å². The van der Waals surface area contributed by atoms with E-state index in [4.69, 9.17) is 9.90 Å². The van der Waals surface area contributed by atoms with Crippen LogP contribution < -0.4 is 10.6 Å². The van der Waals surface area contributed by atoms with Crippen molar-refractivity contribution < 1.29 is 42.9 Å². The number of alkyl halides is 3. The first-order chi connectivity index (χ1) is 14.5. The second-order valence-corrected chi connectivity index (χ2v) is 6.13. The molecule has 1 aromatic rings. The van der Waals surface area contributed by atoms with E-state index in [0.717, 1.165) is 32.4 Å². The molecule has 12 nitrogen and oxygen atoms in total. The number of unbranched alkanes of at least 4 members (excludes halogenated alkanes) is 2. The lowest BCUT2D eigenvalue weighted by atomic mass is 10.1. The number of halogens is 3. The van der Waals surface area contributed by atoms with Gasteiger partial charge in [0.2, 0.25) is 0 Å². The first kappa shape index (κ1) is 28.1. The number of H-pyrrole nitrogens is 1. The topological polar surface area (TPSA) is 180 Å². The van der Waals surface area contributed by atoms with Gasteiger partial charge in [-0.15, -0.1) is 10.1 Å². The van der Waals surface area contributed by atoms with Gasteiger partial charge in [-0.25, -0.2) is 9.78 Å². The summed E-state index contributed by atoms with van der Waals surface area (Å²) in [6, 6.07) is -0.644. The molecule has 1 heterocycles. The Kier molecular flexibility index (Phi) is 14.3. The minimum atomic E-state index is -5.08. The number of nitrogens with zero attached hydrogens (tertiary/aromatic N) is 2. The predicted octanol–water partition coefficient (Wildman–Crippen LogP) is 0.987. The van der Waals surface area contributed by atoms with E-state index in [1.807, 2.05) is 0 Å². The maximum atomic E-state index is 11.2. The van der Waals surface area contributed by atoms with Crippen molar-refractivity contribution in [2.24, 2.45) is 0 Å². The van der Waals surface area contributed by atoms with Crippen LogP contribution in [-0.2, 0) is 20.8 Å². The van der Waals surface area contributed by atoms with Crippen LogP contribution >= 0.6 is 0 Å². The number of hydrogen-bond donors (Lipinski definition) is 5. The third-order valence-corrected chi connectivity index (χ3v) is 3.62. The molecule has 1 rings (SSSR count). The smallest absolute Gasteiger partial charge is 0.480 e. The predicted molar refractivity (Wildman–Crippen MR) is 99.7 cm³/mol. The molecule has 0 saturated heterocycles. The van der Waals surface area contributed by atoms with E-state index in [1.165, 1.54) is 6.33 Å². The van der Waals surface area contributed by atoms with Gasteiger partial charge in [-0.1, -0.05) is 6.42 Å². The average Bonchev–Trinajstić information content (AvgIpc) is 3.17. The second-order valence-electron chi connectivity index (χ2n) is 6.13. The molecule has 0 aromatic carbocycles. The Hall–Kier alpha value is -2.94. The zero-order valence-corrected chi connectivity index (χ0v) is 16.6. The van der Waals surface area contributed by atoms with Crippen molar-refractivity contribution in [3.63, 3.8) is 0 Å². The number of aromatic amines is 1. The minimum absolute atomic E-state index is 0.142. The number of rotatable bonds is 15. The normalized spacial score (nSPS) is 11.8. The number of carbonyl (C=O) groups is 2. The Morgan fingerprint density at radius 3 is 2.35 bits per heavy atom. The largest absolute Gasteiger partial charge is 0.490 e. The van der Waals surface area contributed by atoms with Crippen LogP contribution in [0.1, 0.15) is 31.4 Å². The second kappa shape index (κ2) is 15.8. The molecule has 0 unspecified atom stereocenters. The third kappa shape index (κ3) is 16.5. The SMILES string of the molecule is O=C(O)C(F)(F)F.O=C(O)[C@H](Cc1c[nH]cn1)NCCCNCCCCCO[N+](=O)[O-]. The quantitative estimate of drug-likeness (QED) is 0.145. The molecule has 1 aromatic heterocycles. The maximum Gasteiger partial charge on any atom is 0.490 e. The molecule has 15 heteroatoms. The van der Waals surface area contributed by atoms with E-state index in [9.17, 15) is 33.2 Å². The fourth-order valence-electron chi connectivity index (χ4n) is 2.14. The number of aromatic nitrogens is 2. The Morgan fingerprint density at radius 2 is 1.84 bits per heavy atom. The van der Waals surface area contributed by atoms with Gasteiger partial charge in [0.15, 0.2) is 0 Å². The van der Waals surface area contributed by atoms with Crippen molar-refractivity contribution in [2.45, 2.75) is 44.3 Å². The summed E-state index contributed by atoms with van der Waals surface area (Å²) in [5.41, 5.74) is 0.717. The van der Waals surface area contributed by atoms with Crippen molar-refractivity contribution in [1.29, 1.82) is 0 Å². The van der Waals surface area contributed by atoms with Crippen LogP contribution in [0.25, 0.3) is 0 Å². The van der Waals surface area contributed by atoms with Gasteiger partial charge in [0.05, 0.1) is 18.6 Å². The van der Waals surface area contributed by atoms with Crippen LogP contribution in [0.3, 0.4) is 0 Å². The summed E-state index contributed by atoms with van der Waals surface area (Å²) in [7, 11) is 0. The first-order valence-electron chi connectivity index (χ1n) is 9.26. The third-order valence-electron chi connectivity index (χ3n) is 3.62. The lowest BCUT2D eigenvalue weighted by molar-refractivity contribution is -0.757. The molecule has 1 atom stereocenters. The van der Waals surface area contributed by atoms with Gasteiger partial charge in [-0.2, -0.15) is 13.2 Å². The maximum absolute atomic E-state index is 11.2. The molecule has 0 saturated carbocycles. The molecule has 31 heavy (non-hydrogen) atoms. The number of imidazole rings is 1. The van der Waals surface area contributed by atoms with Gasteiger partial charge >= 0.3 is 18.1 Å². The highest BCUT2D eigenvalue weighted by Gasteiger charge is 2.38. The summed E-state index contributed by atoms with van der Waals surface area (Å²) in [5.74, 6) is -3.64. The number of hydrogen-bond acceptors (Lipinski definition) is 8. The first-order valence-corrected chi connectivity index (χ1v) is 9.26. The molecule has 0 aliphatic carbocycles. The number of nitrogens with one attached hydrogen (secondary N) is 3. The molecular weight excluding hydrogens is 431 g/mol. The molecule has 178 valence electrons. The monoisotopic (exact) mass is 457 g/mol. The van der Waals surface area contributed by atoms with Crippen LogP contribution in [0, 0.1) is 10.1 Å². The van der Waals surface area contributed by atoms with Crippen molar-refractivity contribution in [1.82, 2.24) is 20.6 Å². The molecule has 0 fully saturated rings. The molecule has 0 amide bonds. The highest BCUT2D eigenvalue weighted by Crippen LogP contribution is 2.13. The van der Waals surface area contributed by atoms with Crippen LogP contribution in [-0.4, -0.2) is 75.7 Å². The zero-order chi connectivity index (χ0) is 23.7. The average molecular weight is 457 g/mol. The highest BCUT2D eigenvalue weighted by molar-refractivity contribution is 5.73. The lowest BCUT2D eigenvalue weighted by Crippen LogP contribution is -2.39. The number of carboxylic acids is 2. The van der Waals surface area contributed by atoms with E-state index in [2.05, 4.69) is 25.4 Å². The van der Waals surface area contributed by atoms with Crippen LogP contribution in [0.5, 0.6) is 0 Å². The molecule has 0 aliphatic rings. The van der Waals surface area contributed by atoms with Crippen LogP contribution in [0.2, 0.25) is 0 Å². The molecular formula is C16H26F3N5O7. The Morgan fingerprint density at radius 1 is 1.19 bits per heavy atom.